The van der Waals surface area contributed by atoms with Crippen molar-refractivity contribution in [1.29, 1.82) is 0 Å². The predicted molar refractivity (Wildman–Crippen MR) is 114 cm³/mol. The Balaban J connectivity index is 1.85. The van der Waals surface area contributed by atoms with Crippen LogP contribution in [-0.2, 0) is 10.1 Å². The lowest BCUT2D eigenvalue weighted by atomic mass is 10.2. The number of nitro groups is 1. The molecule has 0 fully saturated rings. The molecular weight excluding hydrogens is 424 g/mol. The zero-order valence-corrected chi connectivity index (χ0v) is 17.4. The van der Waals surface area contributed by atoms with Gasteiger partial charge in [-0.05, 0) is 37.3 Å². The van der Waals surface area contributed by atoms with Crippen LogP contribution in [0, 0.1) is 17.0 Å². The van der Waals surface area contributed by atoms with Crippen LogP contribution in [0.5, 0.6) is 11.5 Å². The van der Waals surface area contributed by atoms with E-state index >= 15 is 0 Å². The molecule has 1 heterocycles. The van der Waals surface area contributed by atoms with Gasteiger partial charge in [0, 0.05) is 11.6 Å². The lowest BCUT2D eigenvalue weighted by molar-refractivity contribution is -0.385. The van der Waals surface area contributed by atoms with Crippen LogP contribution < -0.4 is 14.3 Å². The van der Waals surface area contributed by atoms with Gasteiger partial charge in [-0.1, -0.05) is 23.8 Å². The Morgan fingerprint density at radius 3 is 2.48 bits per heavy atom. The second kappa shape index (κ2) is 9.22. The normalized spacial score (nSPS) is 11.3. The summed E-state index contributed by atoms with van der Waals surface area (Å²) in [6, 6.07) is 13.7. The second-order valence-electron chi connectivity index (χ2n) is 6.26. The van der Waals surface area contributed by atoms with E-state index in [9.17, 15) is 18.5 Å². The van der Waals surface area contributed by atoms with Crippen LogP contribution in [0.15, 0.2) is 70.8 Å². The number of nitrogens with one attached hydrogen (secondary N) is 1. The zero-order chi connectivity index (χ0) is 22.4. The van der Waals surface area contributed by atoms with Crippen LogP contribution in [-0.4, -0.2) is 31.6 Å². The first-order chi connectivity index (χ1) is 14.8. The van der Waals surface area contributed by atoms with E-state index in [0.29, 0.717) is 5.56 Å². The predicted octanol–water partition coefficient (Wildman–Crippen LogP) is 3.52. The Hall–Kier alpha value is -3.99. The molecule has 0 aliphatic heterocycles. The molecule has 0 bridgehead atoms. The van der Waals surface area contributed by atoms with Crippen molar-refractivity contribution in [3.8, 4) is 11.5 Å². The highest BCUT2D eigenvalue weighted by molar-refractivity contribution is 7.87. The van der Waals surface area contributed by atoms with Crippen molar-refractivity contribution in [1.82, 2.24) is 4.98 Å². The van der Waals surface area contributed by atoms with Crippen molar-refractivity contribution >= 4 is 27.8 Å². The van der Waals surface area contributed by atoms with Crippen molar-refractivity contribution in [3.63, 3.8) is 0 Å². The molecule has 0 atom stereocenters. The molecular formula is C20H18N4O6S. The fourth-order valence-electron chi connectivity index (χ4n) is 2.48. The topological polar surface area (TPSA) is 133 Å². The van der Waals surface area contributed by atoms with Crippen molar-refractivity contribution in [2.75, 3.05) is 12.5 Å². The summed E-state index contributed by atoms with van der Waals surface area (Å²) in [6.45, 7) is 1.85. The largest absolute Gasteiger partial charge is 0.493 e. The summed E-state index contributed by atoms with van der Waals surface area (Å²) < 4.78 is 36.0. The molecule has 0 amide bonds. The first-order valence-corrected chi connectivity index (χ1v) is 10.3. The summed E-state index contributed by atoms with van der Waals surface area (Å²) in [6.07, 6.45) is 2.41. The Morgan fingerprint density at radius 2 is 1.87 bits per heavy atom. The fraction of sp³-hybridized carbons (Fsp3) is 0.100. The number of nitrogens with zero attached hydrogens (tertiary/aromatic N) is 3. The minimum atomic E-state index is -4.11. The maximum atomic E-state index is 12.7. The van der Waals surface area contributed by atoms with Gasteiger partial charge in [0.15, 0.2) is 11.5 Å². The quantitative estimate of drug-likeness (QED) is 0.242. The van der Waals surface area contributed by atoms with E-state index < -0.39 is 15.0 Å². The smallest absolute Gasteiger partial charge is 0.339 e. The number of hydrazone groups is 1. The molecule has 0 unspecified atom stereocenters. The first kappa shape index (κ1) is 21.7. The van der Waals surface area contributed by atoms with Crippen molar-refractivity contribution in [2.45, 2.75) is 11.8 Å². The first-order valence-electron chi connectivity index (χ1n) is 8.88. The summed E-state index contributed by atoms with van der Waals surface area (Å²) in [5.74, 6) is 0.431. The van der Waals surface area contributed by atoms with Crippen LogP contribution >= 0.6 is 0 Å². The number of methoxy groups -OCH3 is 1. The van der Waals surface area contributed by atoms with E-state index in [1.165, 1.54) is 37.6 Å². The third kappa shape index (κ3) is 5.34. The minimum absolute atomic E-state index is 0.0000924. The highest BCUT2D eigenvalue weighted by Crippen LogP contribution is 2.32. The molecule has 1 N–H and O–H groups in total. The Morgan fingerprint density at radius 1 is 1.13 bits per heavy atom. The summed E-state index contributed by atoms with van der Waals surface area (Å²) >= 11 is 0. The summed E-state index contributed by atoms with van der Waals surface area (Å²) in [7, 11) is -2.72. The monoisotopic (exact) mass is 442 g/mol. The van der Waals surface area contributed by atoms with Crippen LogP contribution in [0.3, 0.4) is 0 Å². The van der Waals surface area contributed by atoms with Crippen LogP contribution in [0.4, 0.5) is 11.5 Å². The van der Waals surface area contributed by atoms with Gasteiger partial charge in [0.1, 0.15) is 16.9 Å². The number of rotatable bonds is 8. The molecule has 3 rings (SSSR count). The number of hydrogen-bond acceptors (Lipinski definition) is 9. The highest BCUT2D eigenvalue weighted by Gasteiger charge is 2.21. The van der Waals surface area contributed by atoms with Crippen LogP contribution in [0.25, 0.3) is 0 Å². The van der Waals surface area contributed by atoms with Gasteiger partial charge in [-0.25, -0.2) is 4.98 Å². The Bertz CT molecular complexity index is 1210. The molecule has 0 saturated heterocycles. The van der Waals surface area contributed by atoms with E-state index in [2.05, 4.69) is 15.5 Å². The number of aromatic nitrogens is 1. The number of benzene rings is 2. The molecule has 2 aromatic carbocycles. The van der Waals surface area contributed by atoms with Gasteiger partial charge in [0.05, 0.1) is 18.2 Å². The molecule has 3 aromatic rings. The summed E-state index contributed by atoms with van der Waals surface area (Å²) in [4.78, 5) is 14.0. The van der Waals surface area contributed by atoms with Gasteiger partial charge in [-0.2, -0.15) is 13.5 Å². The average Bonchev–Trinajstić information content (AvgIpc) is 2.75. The number of aryl methyl sites for hydroxylation is 1. The lowest BCUT2D eigenvalue weighted by Crippen LogP contribution is -2.12. The highest BCUT2D eigenvalue weighted by atomic mass is 32.2. The second-order valence-corrected chi connectivity index (χ2v) is 7.80. The van der Waals surface area contributed by atoms with Gasteiger partial charge in [-0.15, -0.1) is 0 Å². The van der Waals surface area contributed by atoms with Crippen molar-refractivity contribution in [2.24, 2.45) is 5.10 Å². The molecule has 160 valence electrons. The lowest BCUT2D eigenvalue weighted by Gasteiger charge is -2.13. The van der Waals surface area contributed by atoms with Gasteiger partial charge in [-0.3, -0.25) is 15.5 Å². The van der Waals surface area contributed by atoms with E-state index in [4.69, 9.17) is 8.92 Å². The van der Waals surface area contributed by atoms with Gasteiger partial charge >= 0.3 is 10.1 Å². The van der Waals surface area contributed by atoms with Gasteiger partial charge in [0.2, 0.25) is 0 Å². The summed E-state index contributed by atoms with van der Waals surface area (Å²) in [5.41, 5.74) is 3.70. The van der Waals surface area contributed by atoms with E-state index in [0.717, 1.165) is 11.8 Å². The SMILES string of the molecule is COc1cccc(/C=N\Nc2ccc([N+](=O)[O-])cn2)c1OS(=O)(=O)c1ccc(C)cc1. The van der Waals surface area contributed by atoms with Crippen molar-refractivity contribution in [3.05, 3.63) is 82.0 Å². The molecule has 31 heavy (non-hydrogen) atoms. The van der Waals surface area contributed by atoms with Crippen LogP contribution in [0.1, 0.15) is 11.1 Å². The number of hydrogen-bond donors (Lipinski definition) is 1. The number of pyridine rings is 1. The molecule has 10 nitrogen and oxygen atoms in total. The molecule has 0 spiro atoms. The van der Waals surface area contributed by atoms with E-state index in [1.54, 1.807) is 30.3 Å². The van der Waals surface area contributed by atoms with E-state index in [-0.39, 0.29) is 27.9 Å². The standard InChI is InChI=1S/C20H18N4O6S/c1-14-6-9-17(10-7-14)31(27,28)30-20-15(4-3-5-18(20)29-2)12-22-23-19-11-8-16(13-21-19)24(25)26/h3-13H,1-2H3,(H,21,23)/b22-12-. The van der Waals surface area contributed by atoms with Gasteiger partial charge < -0.3 is 8.92 Å². The fourth-order valence-corrected chi connectivity index (χ4v) is 3.44. The molecule has 1 aromatic heterocycles. The maximum absolute atomic E-state index is 12.7. The third-order valence-electron chi connectivity index (χ3n) is 4.07. The summed E-state index contributed by atoms with van der Waals surface area (Å²) in [5, 5.41) is 14.7. The minimum Gasteiger partial charge on any atom is -0.493 e. The maximum Gasteiger partial charge on any atom is 0.339 e. The zero-order valence-electron chi connectivity index (χ0n) is 16.6. The number of para-hydroxylation sites is 1. The van der Waals surface area contributed by atoms with Gasteiger partial charge in [0.25, 0.3) is 5.69 Å². The average molecular weight is 442 g/mol. The number of ether oxygens (including phenoxy) is 1. The number of anilines is 1. The Labute approximate surface area is 178 Å². The molecule has 0 aliphatic carbocycles. The van der Waals surface area contributed by atoms with E-state index in [1.807, 2.05) is 6.92 Å². The third-order valence-corrected chi connectivity index (χ3v) is 5.31. The van der Waals surface area contributed by atoms with Crippen LogP contribution in [0.2, 0.25) is 0 Å². The molecule has 0 aliphatic rings. The molecule has 0 radical (unpaired) electrons. The molecule has 0 saturated carbocycles. The Kier molecular flexibility index (Phi) is 6.46. The van der Waals surface area contributed by atoms with Crippen molar-refractivity contribution < 1.29 is 22.3 Å². The molecule has 11 heteroatoms.